The maximum Gasteiger partial charge on any atom is 0.278 e. The average molecular weight is 193 g/mol. The van der Waals surface area contributed by atoms with Gasteiger partial charge in [0.05, 0.1) is 0 Å². The van der Waals surface area contributed by atoms with Gasteiger partial charge in [-0.15, -0.1) is 0 Å². The maximum absolute atomic E-state index is 13.1. The zero-order valence-corrected chi connectivity index (χ0v) is 8.35. The molecule has 1 aliphatic heterocycles. The molecule has 13 heavy (non-hydrogen) atoms. The molecule has 0 aromatic rings. The number of piperidine rings is 1. The zero-order chi connectivity index (χ0) is 10.3. The molecule has 1 heterocycles. The summed E-state index contributed by atoms with van der Waals surface area (Å²) in [5, 5.41) is 9.53. The first-order valence-electron chi connectivity index (χ1n) is 4.60. The lowest BCUT2D eigenvalue weighted by molar-refractivity contribution is -0.209. The summed E-state index contributed by atoms with van der Waals surface area (Å²) >= 11 is 0. The minimum Gasteiger partial charge on any atom is -0.383 e. The molecule has 1 atom stereocenters. The molecule has 0 bridgehead atoms. The molecule has 1 aliphatic rings. The Balaban J connectivity index is 2.71. The summed E-state index contributed by atoms with van der Waals surface area (Å²) in [5.74, 6) is -2.95. The molecule has 78 valence electrons. The molecule has 1 saturated heterocycles. The van der Waals surface area contributed by atoms with Crippen molar-refractivity contribution in [1.82, 2.24) is 4.90 Å². The van der Waals surface area contributed by atoms with E-state index in [2.05, 4.69) is 0 Å². The van der Waals surface area contributed by atoms with Gasteiger partial charge in [0, 0.05) is 25.6 Å². The van der Waals surface area contributed by atoms with Crippen molar-refractivity contribution < 1.29 is 13.9 Å². The predicted octanol–water partition coefficient (Wildman–Crippen LogP) is 1.49. The quantitative estimate of drug-likeness (QED) is 0.682. The van der Waals surface area contributed by atoms with E-state index in [1.807, 2.05) is 18.7 Å². The van der Waals surface area contributed by atoms with Gasteiger partial charge in [-0.2, -0.15) is 0 Å². The fourth-order valence-electron chi connectivity index (χ4n) is 1.58. The van der Waals surface area contributed by atoms with Crippen LogP contribution in [0.5, 0.6) is 0 Å². The van der Waals surface area contributed by atoms with Crippen molar-refractivity contribution in [3.8, 4) is 0 Å². The molecule has 1 fully saturated rings. The number of β-amino-alcohol motifs (C(OH)–C–C–N with tert-alkyl or cyclic N) is 1. The monoisotopic (exact) mass is 193 g/mol. The van der Waals surface area contributed by atoms with E-state index in [0.29, 0.717) is 6.54 Å². The normalized spacial score (nSPS) is 35.3. The summed E-state index contributed by atoms with van der Waals surface area (Å²) in [4.78, 5) is 1.87. The van der Waals surface area contributed by atoms with Gasteiger partial charge >= 0.3 is 0 Å². The molecular weight excluding hydrogens is 176 g/mol. The first kappa shape index (κ1) is 10.9. The molecule has 2 nitrogen and oxygen atoms in total. The average Bonchev–Trinajstić information content (AvgIpc) is 1.94. The summed E-state index contributed by atoms with van der Waals surface area (Å²) < 4.78 is 26.3. The van der Waals surface area contributed by atoms with Crippen LogP contribution < -0.4 is 0 Å². The lowest BCUT2D eigenvalue weighted by atomic mass is 9.90. The Morgan fingerprint density at radius 3 is 2.31 bits per heavy atom. The molecule has 0 aromatic heterocycles. The summed E-state index contributed by atoms with van der Waals surface area (Å²) in [6.45, 7) is 5.51. The Hall–Kier alpha value is -0.220. The zero-order valence-electron chi connectivity index (χ0n) is 8.35. The minimum absolute atomic E-state index is 0.0532. The van der Waals surface area contributed by atoms with Gasteiger partial charge in [-0.05, 0) is 20.8 Å². The van der Waals surface area contributed by atoms with Crippen LogP contribution in [-0.4, -0.2) is 40.7 Å². The first-order valence-corrected chi connectivity index (χ1v) is 4.60. The van der Waals surface area contributed by atoms with E-state index in [9.17, 15) is 13.9 Å². The molecule has 1 rings (SSSR count). The number of likely N-dealkylation sites (tertiary alicyclic amines) is 1. The van der Waals surface area contributed by atoms with Crippen molar-refractivity contribution in [2.45, 2.75) is 44.8 Å². The van der Waals surface area contributed by atoms with Gasteiger partial charge in [-0.25, -0.2) is 8.78 Å². The molecule has 1 N–H and O–H groups in total. The molecule has 0 spiro atoms. The fourth-order valence-corrected chi connectivity index (χ4v) is 1.58. The van der Waals surface area contributed by atoms with Gasteiger partial charge in [0.2, 0.25) is 0 Å². The van der Waals surface area contributed by atoms with Crippen LogP contribution in [0.1, 0.15) is 27.2 Å². The number of aliphatic hydroxyl groups is 1. The summed E-state index contributed by atoms with van der Waals surface area (Å²) in [6.07, 6.45) is -0.252. The molecule has 0 aromatic carbocycles. The van der Waals surface area contributed by atoms with Crippen LogP contribution in [-0.2, 0) is 0 Å². The maximum atomic E-state index is 13.1. The summed E-state index contributed by atoms with van der Waals surface area (Å²) in [7, 11) is 0. The van der Waals surface area contributed by atoms with Crippen LogP contribution in [0.25, 0.3) is 0 Å². The van der Waals surface area contributed by atoms with Gasteiger partial charge < -0.3 is 5.11 Å². The molecule has 0 radical (unpaired) electrons. The SMILES string of the molecule is CC(C)N1CCC(F)(F)C(C)(O)C1. The number of hydrogen-bond donors (Lipinski definition) is 1. The van der Waals surface area contributed by atoms with Gasteiger partial charge in [-0.1, -0.05) is 0 Å². The van der Waals surface area contributed by atoms with Crippen LogP contribution >= 0.6 is 0 Å². The van der Waals surface area contributed by atoms with Gasteiger partial charge in [0.15, 0.2) is 0 Å². The standard InChI is InChI=1S/C9H17F2NO/c1-7(2)12-5-4-9(10,11)8(3,13)6-12/h7,13H,4-6H2,1-3H3. The van der Waals surface area contributed by atoms with Crippen LogP contribution in [0.15, 0.2) is 0 Å². The molecule has 4 heteroatoms. The highest BCUT2D eigenvalue weighted by Crippen LogP contribution is 2.36. The Kier molecular flexibility index (Phi) is 2.65. The van der Waals surface area contributed by atoms with Crippen LogP contribution in [0.3, 0.4) is 0 Å². The Labute approximate surface area is 77.5 Å². The molecule has 0 amide bonds. The van der Waals surface area contributed by atoms with E-state index in [1.165, 1.54) is 6.92 Å². The van der Waals surface area contributed by atoms with Crippen molar-refractivity contribution in [1.29, 1.82) is 0 Å². The number of halogens is 2. The highest BCUT2D eigenvalue weighted by molar-refractivity contribution is 4.97. The summed E-state index contributed by atoms with van der Waals surface area (Å²) in [5.41, 5.74) is -1.88. The van der Waals surface area contributed by atoms with E-state index < -0.39 is 11.5 Å². The van der Waals surface area contributed by atoms with E-state index in [0.717, 1.165) is 0 Å². The summed E-state index contributed by atoms with van der Waals surface area (Å²) in [6, 6.07) is 0.211. The number of nitrogens with zero attached hydrogens (tertiary/aromatic N) is 1. The van der Waals surface area contributed by atoms with Crippen molar-refractivity contribution in [2.24, 2.45) is 0 Å². The molecule has 0 saturated carbocycles. The van der Waals surface area contributed by atoms with E-state index >= 15 is 0 Å². The van der Waals surface area contributed by atoms with Gasteiger partial charge in [0.25, 0.3) is 5.92 Å². The van der Waals surface area contributed by atoms with Crippen molar-refractivity contribution >= 4 is 0 Å². The molecule has 0 aliphatic carbocycles. The lowest BCUT2D eigenvalue weighted by Crippen LogP contribution is -2.60. The Morgan fingerprint density at radius 1 is 1.38 bits per heavy atom. The van der Waals surface area contributed by atoms with Crippen LogP contribution in [0.4, 0.5) is 8.78 Å². The van der Waals surface area contributed by atoms with Crippen LogP contribution in [0, 0.1) is 0 Å². The third kappa shape index (κ3) is 1.99. The van der Waals surface area contributed by atoms with Gasteiger partial charge in [0.1, 0.15) is 5.60 Å². The van der Waals surface area contributed by atoms with E-state index in [1.54, 1.807) is 0 Å². The third-order valence-corrected chi connectivity index (χ3v) is 2.74. The smallest absolute Gasteiger partial charge is 0.278 e. The van der Waals surface area contributed by atoms with E-state index in [4.69, 9.17) is 0 Å². The van der Waals surface area contributed by atoms with Gasteiger partial charge in [-0.3, -0.25) is 4.90 Å². The molecule has 1 unspecified atom stereocenters. The first-order chi connectivity index (χ1) is 5.76. The Bertz CT molecular complexity index is 192. The number of rotatable bonds is 1. The van der Waals surface area contributed by atoms with Crippen molar-refractivity contribution in [2.75, 3.05) is 13.1 Å². The second-order valence-corrected chi connectivity index (χ2v) is 4.29. The molecular formula is C9H17F2NO. The topological polar surface area (TPSA) is 23.5 Å². The van der Waals surface area contributed by atoms with E-state index in [-0.39, 0.29) is 19.0 Å². The fraction of sp³-hybridized carbons (Fsp3) is 1.00. The lowest BCUT2D eigenvalue weighted by Gasteiger charge is -2.44. The highest BCUT2D eigenvalue weighted by atomic mass is 19.3. The highest BCUT2D eigenvalue weighted by Gasteiger charge is 2.52. The van der Waals surface area contributed by atoms with Crippen molar-refractivity contribution in [3.05, 3.63) is 0 Å². The number of hydrogen-bond acceptors (Lipinski definition) is 2. The minimum atomic E-state index is -2.95. The predicted molar refractivity (Wildman–Crippen MR) is 46.9 cm³/mol. The van der Waals surface area contributed by atoms with Crippen LogP contribution in [0.2, 0.25) is 0 Å². The second-order valence-electron chi connectivity index (χ2n) is 4.29. The third-order valence-electron chi connectivity index (χ3n) is 2.74. The second kappa shape index (κ2) is 3.17. The largest absolute Gasteiger partial charge is 0.383 e. The van der Waals surface area contributed by atoms with Crippen molar-refractivity contribution in [3.63, 3.8) is 0 Å². The Morgan fingerprint density at radius 2 is 1.92 bits per heavy atom. The number of alkyl halides is 2.